The third kappa shape index (κ3) is 16.0. The lowest BCUT2D eigenvalue weighted by Crippen LogP contribution is -2.40. The van der Waals surface area contributed by atoms with Crippen molar-refractivity contribution >= 4 is 0 Å². The largest absolute Gasteiger partial charge is 0.257 e. The second-order valence-corrected chi connectivity index (χ2v) is 11.3. The van der Waals surface area contributed by atoms with E-state index >= 15 is 0 Å². The third-order valence-electron chi connectivity index (χ3n) is 7.90. The molecule has 34 heavy (non-hydrogen) atoms. The molecule has 0 aliphatic rings. The first-order valence-electron chi connectivity index (χ1n) is 15.8. The summed E-state index contributed by atoms with van der Waals surface area (Å²) < 4.78 is 2.53. The molecule has 0 spiro atoms. The molecule has 200 valence electrons. The molecule has 0 bridgehead atoms. The summed E-state index contributed by atoms with van der Waals surface area (Å²) in [5.41, 5.74) is 0. The molecule has 0 saturated heterocycles. The number of rotatable bonds is 25. The van der Waals surface area contributed by atoms with Gasteiger partial charge in [0.1, 0.15) is 12.4 Å². The van der Waals surface area contributed by atoms with E-state index in [2.05, 4.69) is 49.6 Å². The number of nitrogens with one attached hydrogen (secondary N) is 1. The Hall–Kier alpha value is -0.790. The van der Waals surface area contributed by atoms with Crippen molar-refractivity contribution in [1.82, 2.24) is 4.98 Å². The Bertz CT molecular complexity index is 535. The summed E-state index contributed by atoms with van der Waals surface area (Å²) in [6.07, 6.45) is 37.1. The number of nitrogens with zero attached hydrogens (tertiary/aromatic N) is 1. The Morgan fingerprint density at radius 3 is 1.38 bits per heavy atom. The molecule has 2 nitrogen and oxygen atoms in total. The van der Waals surface area contributed by atoms with Gasteiger partial charge >= 0.3 is 0 Å². The smallest absolute Gasteiger partial charge is 0.247 e. The van der Waals surface area contributed by atoms with E-state index in [1.165, 1.54) is 154 Å². The summed E-state index contributed by atoms with van der Waals surface area (Å²) in [5.74, 6) is 2.09. The minimum absolute atomic E-state index is 0.621. The first-order chi connectivity index (χ1) is 16.7. The predicted molar refractivity (Wildman–Crippen MR) is 152 cm³/mol. The topological polar surface area (TPSA) is 19.7 Å². The molecule has 0 fully saturated rings. The van der Waals surface area contributed by atoms with E-state index in [1.54, 1.807) is 0 Å². The molecule has 0 aliphatic heterocycles. The van der Waals surface area contributed by atoms with Crippen molar-refractivity contribution in [2.75, 3.05) is 0 Å². The highest BCUT2D eigenvalue weighted by Crippen LogP contribution is 2.21. The number of aromatic amines is 1. The van der Waals surface area contributed by atoms with Gasteiger partial charge in [0.25, 0.3) is 5.82 Å². The molecule has 0 aromatic carbocycles. The van der Waals surface area contributed by atoms with E-state index in [1.807, 2.05) is 0 Å². The molecular formula is C32H63N2+. The van der Waals surface area contributed by atoms with Crippen molar-refractivity contribution in [3.05, 3.63) is 18.2 Å². The van der Waals surface area contributed by atoms with Crippen LogP contribution in [0.1, 0.15) is 193 Å². The van der Waals surface area contributed by atoms with E-state index in [4.69, 9.17) is 0 Å². The molecule has 0 amide bonds. The Morgan fingerprint density at radius 2 is 0.941 bits per heavy atom. The van der Waals surface area contributed by atoms with Gasteiger partial charge in [0, 0.05) is 0 Å². The van der Waals surface area contributed by atoms with Crippen LogP contribution < -0.4 is 4.57 Å². The van der Waals surface area contributed by atoms with Gasteiger partial charge in [-0.25, -0.2) is 9.55 Å². The molecule has 1 aromatic rings. The number of hydrogen-bond donors (Lipinski definition) is 1. The van der Waals surface area contributed by atoms with Crippen LogP contribution >= 0.6 is 0 Å². The molecule has 0 radical (unpaired) electrons. The van der Waals surface area contributed by atoms with Crippen LogP contribution in [0.2, 0.25) is 0 Å². The van der Waals surface area contributed by atoms with Crippen molar-refractivity contribution in [2.24, 2.45) is 0 Å². The van der Waals surface area contributed by atoms with E-state index in [0.717, 1.165) is 0 Å². The minimum Gasteiger partial charge on any atom is -0.247 e. The van der Waals surface area contributed by atoms with Crippen LogP contribution in [-0.4, -0.2) is 4.98 Å². The van der Waals surface area contributed by atoms with Crippen LogP contribution in [0, 0.1) is 0 Å². The fraction of sp³-hybridized carbons (Fsp3) is 0.906. The maximum atomic E-state index is 3.57. The van der Waals surface area contributed by atoms with E-state index < -0.39 is 0 Å². The lowest BCUT2D eigenvalue weighted by Gasteiger charge is -2.14. The Kier molecular flexibility index (Phi) is 20.8. The van der Waals surface area contributed by atoms with E-state index in [-0.39, 0.29) is 0 Å². The highest BCUT2D eigenvalue weighted by atomic mass is 15.1. The second kappa shape index (κ2) is 22.7. The zero-order valence-electron chi connectivity index (χ0n) is 24.0. The predicted octanol–water partition coefficient (Wildman–Crippen LogP) is 11.0. The van der Waals surface area contributed by atoms with Gasteiger partial charge in [-0.05, 0) is 26.2 Å². The fourth-order valence-electron chi connectivity index (χ4n) is 5.46. The summed E-state index contributed by atoms with van der Waals surface area (Å²) in [4.78, 5) is 3.57. The fourth-order valence-corrected chi connectivity index (χ4v) is 5.46. The third-order valence-corrected chi connectivity index (χ3v) is 7.90. The van der Waals surface area contributed by atoms with Gasteiger partial charge in [-0.1, -0.05) is 149 Å². The molecule has 0 aliphatic carbocycles. The van der Waals surface area contributed by atoms with E-state index in [9.17, 15) is 0 Å². The van der Waals surface area contributed by atoms with Crippen LogP contribution in [0.4, 0.5) is 0 Å². The zero-order valence-corrected chi connectivity index (χ0v) is 24.0. The lowest BCUT2D eigenvalue weighted by atomic mass is 9.99. The first kappa shape index (κ1) is 31.2. The van der Waals surface area contributed by atoms with Gasteiger partial charge in [-0.2, -0.15) is 0 Å². The van der Waals surface area contributed by atoms with Crippen LogP contribution in [0.25, 0.3) is 0 Å². The minimum atomic E-state index is 0.621. The molecule has 1 rings (SSSR count). The highest BCUT2D eigenvalue weighted by molar-refractivity contribution is 4.87. The normalized spacial score (nSPS) is 13.4. The maximum absolute atomic E-state index is 3.57. The molecule has 1 heterocycles. The molecule has 0 saturated carbocycles. The van der Waals surface area contributed by atoms with Gasteiger partial charge < -0.3 is 0 Å². The quantitative estimate of drug-likeness (QED) is 0.107. The standard InChI is InChI=1S/C32H62N2/c1-5-7-9-11-13-14-15-16-17-18-19-21-22-24-26-30(3)32-33-28-29-34(32)31(4)27-25-23-20-12-10-8-6-2/h28-31H,5-27H2,1-4H3/p+1. The van der Waals surface area contributed by atoms with Crippen LogP contribution in [0.3, 0.4) is 0 Å². The molecule has 1 N–H and O–H groups in total. The number of H-pyrrole nitrogens is 1. The van der Waals surface area contributed by atoms with Crippen molar-refractivity contribution in [3.63, 3.8) is 0 Å². The van der Waals surface area contributed by atoms with Crippen molar-refractivity contribution in [1.29, 1.82) is 0 Å². The zero-order chi connectivity index (χ0) is 24.7. The Morgan fingerprint density at radius 1 is 0.559 bits per heavy atom. The van der Waals surface area contributed by atoms with E-state index in [0.29, 0.717) is 12.0 Å². The Balaban J connectivity index is 2.04. The van der Waals surface area contributed by atoms with Crippen LogP contribution in [-0.2, 0) is 0 Å². The van der Waals surface area contributed by atoms with Crippen LogP contribution in [0.15, 0.2) is 12.4 Å². The number of hydrogen-bond acceptors (Lipinski definition) is 0. The summed E-state index contributed by atoms with van der Waals surface area (Å²) >= 11 is 0. The summed E-state index contributed by atoms with van der Waals surface area (Å²) in [5, 5.41) is 0. The summed E-state index contributed by atoms with van der Waals surface area (Å²) in [6.45, 7) is 9.43. The average Bonchev–Trinajstić information content (AvgIpc) is 3.34. The Labute approximate surface area is 215 Å². The number of imidazole rings is 1. The SMILES string of the molecule is CCCCCCCCCCCCCCCCC(C)c1[nH]cc[n+]1C(C)CCCCCCCCC. The average molecular weight is 476 g/mol. The molecular weight excluding hydrogens is 412 g/mol. The van der Waals surface area contributed by atoms with Crippen LogP contribution in [0.5, 0.6) is 0 Å². The lowest BCUT2D eigenvalue weighted by molar-refractivity contribution is -0.727. The molecule has 2 unspecified atom stereocenters. The maximum Gasteiger partial charge on any atom is 0.257 e. The van der Waals surface area contributed by atoms with Gasteiger partial charge in [-0.3, -0.25) is 0 Å². The monoisotopic (exact) mass is 475 g/mol. The number of unbranched alkanes of at least 4 members (excludes halogenated alkanes) is 19. The first-order valence-corrected chi connectivity index (χ1v) is 15.8. The molecule has 1 aromatic heterocycles. The van der Waals surface area contributed by atoms with Gasteiger partial charge in [0.15, 0.2) is 0 Å². The van der Waals surface area contributed by atoms with Crippen molar-refractivity contribution in [3.8, 4) is 0 Å². The highest BCUT2D eigenvalue weighted by Gasteiger charge is 2.22. The van der Waals surface area contributed by atoms with Gasteiger partial charge in [0.05, 0.1) is 12.0 Å². The van der Waals surface area contributed by atoms with Crippen molar-refractivity contribution in [2.45, 2.75) is 187 Å². The summed E-state index contributed by atoms with van der Waals surface area (Å²) in [6, 6.07) is 0.621. The molecule has 2 heteroatoms. The number of aromatic nitrogens is 2. The summed E-state index contributed by atoms with van der Waals surface area (Å²) in [7, 11) is 0. The van der Waals surface area contributed by atoms with Gasteiger partial charge in [-0.15, -0.1) is 0 Å². The van der Waals surface area contributed by atoms with Gasteiger partial charge in [0.2, 0.25) is 0 Å². The van der Waals surface area contributed by atoms with Crippen molar-refractivity contribution < 1.29 is 4.57 Å². The second-order valence-electron chi connectivity index (χ2n) is 11.3. The molecule has 2 atom stereocenters.